The number of halogens is 3. The number of rotatable bonds is 3. The van der Waals surface area contributed by atoms with Gasteiger partial charge in [0.2, 0.25) is 0 Å². The summed E-state index contributed by atoms with van der Waals surface area (Å²) in [6, 6.07) is 7.05. The highest BCUT2D eigenvalue weighted by Crippen LogP contribution is 2.30. The van der Waals surface area contributed by atoms with Gasteiger partial charge in [-0.25, -0.2) is 0 Å². The number of alkyl halides is 3. The molecule has 3 rings (SSSR count). The smallest absolute Gasteiger partial charge is 0.270 e. The topological polar surface area (TPSA) is 35.6 Å². The molecule has 7 heteroatoms. The Bertz CT molecular complexity index is 813. The van der Waals surface area contributed by atoms with Crippen LogP contribution >= 0.6 is 0 Å². The molecule has 0 atom stereocenters. The Morgan fingerprint density at radius 1 is 1.09 bits per heavy atom. The van der Waals surface area contributed by atoms with Crippen molar-refractivity contribution in [3.63, 3.8) is 0 Å². The second-order valence-electron chi connectivity index (χ2n) is 5.40. The largest absolute Gasteiger partial charge is 0.416 e. The van der Waals surface area contributed by atoms with Gasteiger partial charge in [0.15, 0.2) is 0 Å². The standard InChI is InChI=1S/C16H15F3N4/c1-11-7-15(22(2)21-11)10-23-9-13(8-20-23)12-3-5-14(6-4-12)16(17,18)19/h3-9H,10H2,1-2H3. The minimum Gasteiger partial charge on any atom is -0.270 e. The van der Waals surface area contributed by atoms with Crippen LogP contribution in [0.1, 0.15) is 17.0 Å². The lowest BCUT2D eigenvalue weighted by atomic mass is 10.1. The number of hydrogen-bond acceptors (Lipinski definition) is 2. The fourth-order valence-corrected chi connectivity index (χ4v) is 2.43. The first-order chi connectivity index (χ1) is 10.8. The van der Waals surface area contributed by atoms with Gasteiger partial charge in [-0.3, -0.25) is 9.36 Å². The normalized spacial score (nSPS) is 11.9. The molecule has 0 aliphatic heterocycles. The maximum Gasteiger partial charge on any atom is 0.416 e. The summed E-state index contributed by atoms with van der Waals surface area (Å²) in [5.41, 5.74) is 2.75. The lowest BCUT2D eigenvalue weighted by molar-refractivity contribution is -0.137. The molecule has 0 saturated heterocycles. The van der Waals surface area contributed by atoms with Crippen molar-refractivity contribution in [2.75, 3.05) is 0 Å². The van der Waals surface area contributed by atoms with Gasteiger partial charge in [-0.15, -0.1) is 0 Å². The first-order valence-electron chi connectivity index (χ1n) is 7.02. The highest BCUT2D eigenvalue weighted by atomic mass is 19.4. The van der Waals surface area contributed by atoms with Gasteiger partial charge in [-0.2, -0.15) is 23.4 Å². The monoisotopic (exact) mass is 320 g/mol. The molecule has 0 radical (unpaired) electrons. The molecule has 0 aliphatic carbocycles. The zero-order valence-electron chi connectivity index (χ0n) is 12.7. The molecule has 0 aliphatic rings. The molecule has 23 heavy (non-hydrogen) atoms. The number of aromatic nitrogens is 4. The summed E-state index contributed by atoms with van der Waals surface area (Å²) in [5.74, 6) is 0. The van der Waals surface area contributed by atoms with E-state index in [2.05, 4.69) is 10.2 Å². The Labute approximate surface area is 131 Å². The van der Waals surface area contributed by atoms with Crippen LogP contribution in [0.3, 0.4) is 0 Å². The molecule has 0 fully saturated rings. The van der Waals surface area contributed by atoms with Gasteiger partial charge in [0.05, 0.1) is 29.7 Å². The van der Waals surface area contributed by atoms with E-state index in [1.54, 1.807) is 15.6 Å². The number of hydrogen-bond donors (Lipinski definition) is 0. The van der Waals surface area contributed by atoms with E-state index in [0.29, 0.717) is 12.1 Å². The molecule has 0 N–H and O–H groups in total. The first-order valence-corrected chi connectivity index (χ1v) is 7.02. The molecular formula is C16H15F3N4. The van der Waals surface area contributed by atoms with E-state index in [1.165, 1.54) is 12.1 Å². The van der Waals surface area contributed by atoms with Crippen LogP contribution in [0.2, 0.25) is 0 Å². The van der Waals surface area contributed by atoms with Crippen LogP contribution < -0.4 is 0 Å². The fourth-order valence-electron chi connectivity index (χ4n) is 2.43. The van der Waals surface area contributed by atoms with E-state index in [4.69, 9.17) is 0 Å². The molecule has 0 bridgehead atoms. The Hall–Kier alpha value is -2.57. The summed E-state index contributed by atoms with van der Waals surface area (Å²) in [5, 5.41) is 8.54. The Balaban J connectivity index is 1.80. The van der Waals surface area contributed by atoms with Crippen LogP contribution in [0, 0.1) is 6.92 Å². The number of nitrogens with zero attached hydrogens (tertiary/aromatic N) is 4. The SMILES string of the molecule is Cc1cc(Cn2cc(-c3ccc(C(F)(F)F)cc3)cn2)n(C)n1. The molecule has 120 valence electrons. The van der Waals surface area contributed by atoms with E-state index in [0.717, 1.165) is 29.1 Å². The molecule has 4 nitrogen and oxygen atoms in total. The van der Waals surface area contributed by atoms with Gasteiger partial charge in [-0.1, -0.05) is 12.1 Å². The van der Waals surface area contributed by atoms with E-state index >= 15 is 0 Å². The van der Waals surface area contributed by atoms with Crippen molar-refractivity contribution in [1.29, 1.82) is 0 Å². The second-order valence-corrected chi connectivity index (χ2v) is 5.40. The fraction of sp³-hybridized carbons (Fsp3) is 0.250. The van der Waals surface area contributed by atoms with Crippen molar-refractivity contribution in [2.24, 2.45) is 7.05 Å². The highest BCUT2D eigenvalue weighted by molar-refractivity contribution is 5.62. The third-order valence-electron chi connectivity index (χ3n) is 3.60. The Morgan fingerprint density at radius 3 is 2.35 bits per heavy atom. The summed E-state index contributed by atoms with van der Waals surface area (Å²) in [4.78, 5) is 0. The summed E-state index contributed by atoms with van der Waals surface area (Å²) >= 11 is 0. The zero-order chi connectivity index (χ0) is 16.6. The molecular weight excluding hydrogens is 305 g/mol. The summed E-state index contributed by atoms with van der Waals surface area (Å²) in [6.07, 6.45) is -0.864. The Kier molecular flexibility index (Phi) is 3.71. The average molecular weight is 320 g/mol. The highest BCUT2D eigenvalue weighted by Gasteiger charge is 2.29. The molecule has 0 saturated carbocycles. The number of benzene rings is 1. The average Bonchev–Trinajstić information content (AvgIpc) is 3.06. The lowest BCUT2D eigenvalue weighted by Gasteiger charge is -2.06. The second kappa shape index (κ2) is 5.57. The van der Waals surface area contributed by atoms with Crippen molar-refractivity contribution in [1.82, 2.24) is 19.6 Å². The molecule has 0 unspecified atom stereocenters. The van der Waals surface area contributed by atoms with E-state index in [9.17, 15) is 13.2 Å². The molecule has 1 aromatic carbocycles. The van der Waals surface area contributed by atoms with Gasteiger partial charge in [-0.05, 0) is 30.7 Å². The molecule has 0 spiro atoms. The van der Waals surface area contributed by atoms with Crippen LogP contribution in [0.5, 0.6) is 0 Å². The first kappa shape index (κ1) is 15.3. The quantitative estimate of drug-likeness (QED) is 0.738. The molecule has 2 aromatic heterocycles. The van der Waals surface area contributed by atoms with Crippen LogP contribution in [0.25, 0.3) is 11.1 Å². The van der Waals surface area contributed by atoms with Gasteiger partial charge < -0.3 is 0 Å². The minimum atomic E-state index is -4.32. The van der Waals surface area contributed by atoms with Crippen molar-refractivity contribution in [3.8, 4) is 11.1 Å². The van der Waals surface area contributed by atoms with E-state index in [1.807, 2.05) is 26.2 Å². The van der Waals surface area contributed by atoms with Crippen molar-refractivity contribution in [3.05, 3.63) is 59.7 Å². The molecule has 0 amide bonds. The maximum atomic E-state index is 12.6. The van der Waals surface area contributed by atoms with Gasteiger partial charge in [0, 0.05) is 18.8 Å². The molecule has 2 heterocycles. The summed E-state index contributed by atoms with van der Waals surface area (Å²) in [7, 11) is 1.86. The van der Waals surface area contributed by atoms with Crippen molar-refractivity contribution < 1.29 is 13.2 Å². The Morgan fingerprint density at radius 2 is 1.78 bits per heavy atom. The van der Waals surface area contributed by atoms with Crippen LogP contribution in [-0.4, -0.2) is 19.6 Å². The molecule has 3 aromatic rings. The van der Waals surface area contributed by atoms with Crippen molar-refractivity contribution in [2.45, 2.75) is 19.6 Å². The van der Waals surface area contributed by atoms with Gasteiger partial charge in [0.25, 0.3) is 0 Å². The maximum absolute atomic E-state index is 12.6. The third kappa shape index (κ3) is 3.28. The van der Waals surface area contributed by atoms with Crippen LogP contribution in [0.15, 0.2) is 42.7 Å². The predicted molar refractivity (Wildman–Crippen MR) is 79.7 cm³/mol. The minimum absolute atomic E-state index is 0.554. The lowest BCUT2D eigenvalue weighted by Crippen LogP contribution is -2.05. The summed E-state index contributed by atoms with van der Waals surface area (Å²) < 4.78 is 41.3. The van der Waals surface area contributed by atoms with Crippen LogP contribution in [-0.2, 0) is 19.8 Å². The van der Waals surface area contributed by atoms with Gasteiger partial charge >= 0.3 is 6.18 Å². The van der Waals surface area contributed by atoms with E-state index in [-0.39, 0.29) is 0 Å². The summed E-state index contributed by atoms with van der Waals surface area (Å²) in [6.45, 7) is 2.47. The van der Waals surface area contributed by atoms with Crippen molar-refractivity contribution >= 4 is 0 Å². The number of aryl methyl sites for hydroxylation is 2. The zero-order valence-corrected chi connectivity index (χ0v) is 12.7. The van der Waals surface area contributed by atoms with Crippen LogP contribution in [0.4, 0.5) is 13.2 Å². The van der Waals surface area contributed by atoms with Gasteiger partial charge in [0.1, 0.15) is 0 Å². The van der Waals surface area contributed by atoms with E-state index < -0.39 is 11.7 Å². The third-order valence-corrected chi connectivity index (χ3v) is 3.60. The predicted octanol–water partition coefficient (Wildman–Crippen LogP) is 3.66.